The minimum absolute atomic E-state index is 0.300. The monoisotopic (exact) mass is 432 g/mol. The van der Waals surface area contributed by atoms with Gasteiger partial charge in [-0.1, -0.05) is 22.0 Å². The van der Waals surface area contributed by atoms with Gasteiger partial charge >= 0.3 is 0 Å². The highest BCUT2D eigenvalue weighted by Gasteiger charge is 2.17. The van der Waals surface area contributed by atoms with E-state index in [9.17, 15) is 0 Å². The second-order valence-electron chi connectivity index (χ2n) is 4.37. The van der Waals surface area contributed by atoms with Gasteiger partial charge in [0.1, 0.15) is 11.5 Å². The van der Waals surface area contributed by atoms with Crippen molar-refractivity contribution in [3.05, 3.63) is 56.5 Å². The van der Waals surface area contributed by atoms with Crippen molar-refractivity contribution in [2.75, 3.05) is 13.7 Å². The van der Waals surface area contributed by atoms with Gasteiger partial charge in [0.15, 0.2) is 0 Å². The summed E-state index contributed by atoms with van der Waals surface area (Å²) in [5, 5.41) is -0.300. The molecule has 0 saturated heterocycles. The molecule has 2 nitrogen and oxygen atoms in total. The van der Waals surface area contributed by atoms with Gasteiger partial charge in [0.05, 0.1) is 23.6 Å². The van der Waals surface area contributed by atoms with Crippen LogP contribution in [0.3, 0.4) is 0 Å². The standard InChI is InChI=1S/C16H15Br2ClO2/c1-3-21-14-7-5-11(17)9-12(14)16(19)10-4-6-15(20-2)13(18)8-10/h4-9,16H,3H2,1-2H3. The molecule has 0 aliphatic heterocycles. The third kappa shape index (κ3) is 3.93. The van der Waals surface area contributed by atoms with Crippen molar-refractivity contribution in [3.8, 4) is 11.5 Å². The number of ether oxygens (including phenoxy) is 2. The second kappa shape index (κ2) is 7.52. The first-order chi connectivity index (χ1) is 10.1. The van der Waals surface area contributed by atoms with Crippen LogP contribution in [0.4, 0.5) is 0 Å². The van der Waals surface area contributed by atoms with E-state index in [4.69, 9.17) is 21.1 Å². The fraction of sp³-hybridized carbons (Fsp3) is 0.250. The summed E-state index contributed by atoms with van der Waals surface area (Å²) >= 11 is 13.6. The van der Waals surface area contributed by atoms with Crippen molar-refractivity contribution in [1.29, 1.82) is 0 Å². The average Bonchev–Trinajstić information content (AvgIpc) is 2.48. The summed E-state index contributed by atoms with van der Waals surface area (Å²) in [6.45, 7) is 2.56. The van der Waals surface area contributed by atoms with Crippen molar-refractivity contribution >= 4 is 43.5 Å². The number of hydrogen-bond acceptors (Lipinski definition) is 2. The molecule has 0 fully saturated rings. The largest absolute Gasteiger partial charge is 0.496 e. The number of methoxy groups -OCH3 is 1. The molecule has 2 rings (SSSR count). The molecular weight excluding hydrogens is 419 g/mol. The molecule has 1 atom stereocenters. The Kier molecular flexibility index (Phi) is 5.97. The number of alkyl halides is 1. The van der Waals surface area contributed by atoms with E-state index >= 15 is 0 Å². The maximum atomic E-state index is 6.65. The Labute approximate surface area is 146 Å². The molecule has 0 radical (unpaired) electrons. The Bertz CT molecular complexity index is 632. The Morgan fingerprint density at radius 2 is 1.81 bits per heavy atom. The summed E-state index contributed by atoms with van der Waals surface area (Å²) in [6.07, 6.45) is 0. The number of rotatable bonds is 5. The Morgan fingerprint density at radius 3 is 2.43 bits per heavy atom. The van der Waals surface area contributed by atoms with Crippen LogP contribution in [0.2, 0.25) is 0 Å². The molecule has 0 heterocycles. The maximum absolute atomic E-state index is 6.65. The van der Waals surface area contributed by atoms with Crippen LogP contribution in [0.25, 0.3) is 0 Å². The van der Waals surface area contributed by atoms with E-state index in [0.717, 1.165) is 31.6 Å². The van der Waals surface area contributed by atoms with Crippen molar-refractivity contribution in [1.82, 2.24) is 0 Å². The highest BCUT2D eigenvalue weighted by Crippen LogP contribution is 2.39. The van der Waals surface area contributed by atoms with Crippen molar-refractivity contribution < 1.29 is 9.47 Å². The third-order valence-corrected chi connectivity index (χ3v) is 4.61. The molecule has 0 bridgehead atoms. The quantitative estimate of drug-likeness (QED) is 0.542. The molecule has 0 N–H and O–H groups in total. The van der Waals surface area contributed by atoms with Gasteiger partial charge in [-0.25, -0.2) is 0 Å². The van der Waals surface area contributed by atoms with Gasteiger partial charge in [-0.05, 0) is 58.7 Å². The normalized spacial score (nSPS) is 12.0. The average molecular weight is 435 g/mol. The van der Waals surface area contributed by atoms with Crippen LogP contribution in [-0.2, 0) is 0 Å². The summed E-state index contributed by atoms with van der Waals surface area (Å²) in [5.74, 6) is 1.58. The Balaban J connectivity index is 2.41. The van der Waals surface area contributed by atoms with E-state index < -0.39 is 0 Å². The van der Waals surface area contributed by atoms with Gasteiger partial charge in [0.25, 0.3) is 0 Å². The van der Waals surface area contributed by atoms with E-state index in [1.807, 2.05) is 43.3 Å². The van der Waals surface area contributed by atoms with Crippen molar-refractivity contribution in [2.45, 2.75) is 12.3 Å². The molecule has 2 aromatic carbocycles. The molecule has 112 valence electrons. The van der Waals surface area contributed by atoms with Crippen LogP contribution in [0, 0.1) is 0 Å². The zero-order chi connectivity index (χ0) is 15.4. The molecular formula is C16H15Br2ClO2. The van der Waals surface area contributed by atoms with Gasteiger partial charge in [0, 0.05) is 10.0 Å². The van der Waals surface area contributed by atoms with E-state index in [1.54, 1.807) is 7.11 Å². The molecule has 0 spiro atoms. The lowest BCUT2D eigenvalue weighted by molar-refractivity contribution is 0.337. The van der Waals surface area contributed by atoms with Crippen LogP contribution < -0.4 is 9.47 Å². The molecule has 0 aromatic heterocycles. The van der Waals surface area contributed by atoms with E-state index in [2.05, 4.69) is 31.9 Å². The Hall–Kier alpha value is -0.710. The smallest absolute Gasteiger partial charge is 0.133 e. The lowest BCUT2D eigenvalue weighted by atomic mass is 10.0. The first-order valence-electron chi connectivity index (χ1n) is 6.46. The molecule has 0 aliphatic rings. The molecule has 0 aliphatic carbocycles. The van der Waals surface area contributed by atoms with Crippen molar-refractivity contribution in [3.63, 3.8) is 0 Å². The topological polar surface area (TPSA) is 18.5 Å². The van der Waals surface area contributed by atoms with Gasteiger partial charge in [-0.2, -0.15) is 0 Å². The summed E-state index contributed by atoms with van der Waals surface area (Å²) in [5.41, 5.74) is 1.91. The lowest BCUT2D eigenvalue weighted by Crippen LogP contribution is -2.00. The van der Waals surface area contributed by atoms with Crippen molar-refractivity contribution in [2.24, 2.45) is 0 Å². The molecule has 5 heteroatoms. The van der Waals surface area contributed by atoms with E-state index in [-0.39, 0.29) is 5.38 Å². The minimum atomic E-state index is -0.300. The van der Waals surface area contributed by atoms with Crippen LogP contribution >= 0.6 is 43.5 Å². The van der Waals surface area contributed by atoms with Gasteiger partial charge in [0.2, 0.25) is 0 Å². The fourth-order valence-electron chi connectivity index (χ4n) is 2.02. The van der Waals surface area contributed by atoms with Gasteiger partial charge in [-0.3, -0.25) is 0 Å². The predicted octanol–water partition coefficient (Wildman–Crippen LogP) is 5.95. The second-order valence-corrected chi connectivity index (χ2v) is 6.58. The molecule has 1 unspecified atom stereocenters. The van der Waals surface area contributed by atoms with Crippen LogP contribution in [0.15, 0.2) is 45.3 Å². The first kappa shape index (κ1) is 16.7. The number of hydrogen-bond donors (Lipinski definition) is 0. The minimum Gasteiger partial charge on any atom is -0.496 e. The Morgan fingerprint density at radius 1 is 1.10 bits per heavy atom. The third-order valence-electron chi connectivity index (χ3n) is 3.01. The molecule has 0 saturated carbocycles. The first-order valence-corrected chi connectivity index (χ1v) is 8.48. The highest BCUT2D eigenvalue weighted by molar-refractivity contribution is 9.10. The van der Waals surface area contributed by atoms with Crippen LogP contribution in [-0.4, -0.2) is 13.7 Å². The SMILES string of the molecule is CCOc1ccc(Br)cc1C(Cl)c1ccc(OC)c(Br)c1. The summed E-state index contributed by atoms with van der Waals surface area (Å²) < 4.78 is 12.8. The van der Waals surface area contributed by atoms with E-state index in [1.165, 1.54) is 0 Å². The summed E-state index contributed by atoms with van der Waals surface area (Å²) in [7, 11) is 1.64. The lowest BCUT2D eigenvalue weighted by Gasteiger charge is -2.17. The van der Waals surface area contributed by atoms with Crippen LogP contribution in [0.1, 0.15) is 23.4 Å². The number of benzene rings is 2. The zero-order valence-corrected chi connectivity index (χ0v) is 15.6. The summed E-state index contributed by atoms with van der Waals surface area (Å²) in [6, 6.07) is 11.7. The summed E-state index contributed by atoms with van der Waals surface area (Å²) in [4.78, 5) is 0. The highest BCUT2D eigenvalue weighted by atomic mass is 79.9. The van der Waals surface area contributed by atoms with Crippen LogP contribution in [0.5, 0.6) is 11.5 Å². The zero-order valence-electron chi connectivity index (χ0n) is 11.7. The van der Waals surface area contributed by atoms with E-state index in [0.29, 0.717) is 6.61 Å². The fourth-order valence-corrected chi connectivity index (χ4v) is 3.27. The molecule has 2 aromatic rings. The predicted molar refractivity (Wildman–Crippen MR) is 93.7 cm³/mol. The molecule has 21 heavy (non-hydrogen) atoms. The number of halogens is 3. The maximum Gasteiger partial charge on any atom is 0.133 e. The van der Waals surface area contributed by atoms with Gasteiger partial charge in [-0.15, -0.1) is 11.6 Å². The molecule has 0 amide bonds. The van der Waals surface area contributed by atoms with Gasteiger partial charge < -0.3 is 9.47 Å².